The molecule has 5 nitrogen and oxygen atoms in total. The molecule has 0 radical (unpaired) electrons. The SMILES string of the molecule is CCNCc1ccc(S(=O)(=O)N2CCSC(CC)C2)o1. The minimum atomic E-state index is -3.48. The van der Waals surface area contributed by atoms with Crippen molar-refractivity contribution in [3.8, 4) is 0 Å². The Labute approximate surface area is 125 Å². The van der Waals surface area contributed by atoms with Gasteiger partial charge in [0, 0.05) is 24.1 Å². The van der Waals surface area contributed by atoms with Crippen LogP contribution in [0.5, 0.6) is 0 Å². The fourth-order valence-corrected chi connectivity index (χ4v) is 4.93. The molecule has 2 heterocycles. The highest BCUT2D eigenvalue weighted by Crippen LogP contribution is 2.26. The molecule has 0 amide bonds. The number of sulfonamides is 1. The molecule has 0 spiro atoms. The molecule has 2 rings (SSSR count). The van der Waals surface area contributed by atoms with Gasteiger partial charge in [-0.2, -0.15) is 16.1 Å². The lowest BCUT2D eigenvalue weighted by Gasteiger charge is -2.30. The van der Waals surface area contributed by atoms with Gasteiger partial charge in [0.05, 0.1) is 6.54 Å². The van der Waals surface area contributed by atoms with Crippen LogP contribution in [0.3, 0.4) is 0 Å². The molecule has 7 heteroatoms. The van der Waals surface area contributed by atoms with Gasteiger partial charge in [0.1, 0.15) is 5.76 Å². The van der Waals surface area contributed by atoms with Gasteiger partial charge in [-0.05, 0) is 25.1 Å². The third kappa shape index (κ3) is 3.58. The molecule has 0 saturated carbocycles. The maximum atomic E-state index is 12.5. The first kappa shape index (κ1) is 15.9. The van der Waals surface area contributed by atoms with Crippen molar-refractivity contribution in [2.45, 2.75) is 37.2 Å². The van der Waals surface area contributed by atoms with E-state index in [9.17, 15) is 8.42 Å². The molecule has 20 heavy (non-hydrogen) atoms. The number of thioether (sulfide) groups is 1. The maximum absolute atomic E-state index is 12.5. The molecule has 1 saturated heterocycles. The Kier molecular flexibility index (Phi) is 5.54. The van der Waals surface area contributed by atoms with E-state index in [-0.39, 0.29) is 5.09 Å². The summed E-state index contributed by atoms with van der Waals surface area (Å²) < 4.78 is 32.1. The number of rotatable bonds is 6. The molecule has 1 atom stereocenters. The minimum absolute atomic E-state index is 0.0622. The summed E-state index contributed by atoms with van der Waals surface area (Å²) in [5, 5.41) is 3.57. The molecule has 1 N–H and O–H groups in total. The number of hydrogen-bond donors (Lipinski definition) is 1. The first-order valence-electron chi connectivity index (χ1n) is 6.99. The molecule has 0 aromatic carbocycles. The molecule has 1 unspecified atom stereocenters. The van der Waals surface area contributed by atoms with Gasteiger partial charge in [0.25, 0.3) is 10.0 Å². The molecule has 1 aliphatic heterocycles. The third-order valence-corrected chi connectivity index (χ3v) is 6.45. The molecule has 1 aliphatic rings. The smallest absolute Gasteiger partial charge is 0.276 e. The Balaban J connectivity index is 2.11. The van der Waals surface area contributed by atoms with Crippen molar-refractivity contribution in [1.82, 2.24) is 9.62 Å². The van der Waals surface area contributed by atoms with Crippen LogP contribution in [-0.4, -0.2) is 43.4 Å². The van der Waals surface area contributed by atoms with E-state index in [1.807, 2.05) is 18.7 Å². The topological polar surface area (TPSA) is 62.6 Å². The van der Waals surface area contributed by atoms with Crippen molar-refractivity contribution in [3.63, 3.8) is 0 Å². The first-order chi connectivity index (χ1) is 9.57. The Morgan fingerprint density at radius 3 is 2.95 bits per heavy atom. The lowest BCUT2D eigenvalue weighted by atomic mass is 10.3. The Bertz CT molecular complexity index is 527. The third-order valence-electron chi connectivity index (χ3n) is 3.34. The number of nitrogens with zero attached hydrogens (tertiary/aromatic N) is 1. The van der Waals surface area contributed by atoms with Crippen molar-refractivity contribution in [3.05, 3.63) is 17.9 Å². The highest BCUT2D eigenvalue weighted by molar-refractivity contribution is 8.00. The van der Waals surface area contributed by atoms with E-state index in [2.05, 4.69) is 12.2 Å². The van der Waals surface area contributed by atoms with Crippen LogP contribution < -0.4 is 5.32 Å². The van der Waals surface area contributed by atoms with E-state index in [0.717, 1.165) is 18.7 Å². The Morgan fingerprint density at radius 1 is 1.45 bits per heavy atom. The van der Waals surface area contributed by atoms with Crippen molar-refractivity contribution >= 4 is 21.8 Å². The molecular formula is C13H22N2O3S2. The van der Waals surface area contributed by atoms with Gasteiger partial charge in [-0.15, -0.1) is 0 Å². The van der Waals surface area contributed by atoms with Crippen LogP contribution in [0.4, 0.5) is 0 Å². The van der Waals surface area contributed by atoms with Gasteiger partial charge in [0.2, 0.25) is 5.09 Å². The second-order valence-electron chi connectivity index (χ2n) is 4.77. The molecule has 1 aromatic heterocycles. The minimum Gasteiger partial charge on any atom is -0.447 e. The van der Waals surface area contributed by atoms with E-state index in [1.165, 1.54) is 0 Å². The zero-order chi connectivity index (χ0) is 14.6. The standard InChI is InChI=1S/C13H22N2O3S2/c1-3-12-10-15(7-8-19-12)20(16,17)13-6-5-11(18-13)9-14-4-2/h5-6,12,14H,3-4,7-10H2,1-2H3. The lowest BCUT2D eigenvalue weighted by Crippen LogP contribution is -2.41. The van der Waals surface area contributed by atoms with Crippen LogP contribution in [0.1, 0.15) is 26.0 Å². The zero-order valence-electron chi connectivity index (χ0n) is 12.0. The predicted molar refractivity (Wildman–Crippen MR) is 81.4 cm³/mol. The van der Waals surface area contributed by atoms with Crippen LogP contribution in [0.25, 0.3) is 0 Å². The lowest BCUT2D eigenvalue weighted by molar-refractivity contribution is 0.365. The first-order valence-corrected chi connectivity index (χ1v) is 9.48. The highest BCUT2D eigenvalue weighted by atomic mass is 32.2. The van der Waals surface area contributed by atoms with E-state index >= 15 is 0 Å². The van der Waals surface area contributed by atoms with Crippen LogP contribution >= 0.6 is 11.8 Å². The van der Waals surface area contributed by atoms with Crippen LogP contribution in [0.2, 0.25) is 0 Å². The largest absolute Gasteiger partial charge is 0.447 e. The zero-order valence-corrected chi connectivity index (χ0v) is 13.6. The molecule has 1 fully saturated rings. The second-order valence-corrected chi connectivity index (χ2v) is 8.04. The van der Waals surface area contributed by atoms with Crippen molar-refractivity contribution in [1.29, 1.82) is 0 Å². The Hall–Kier alpha value is -0.500. The molecule has 114 valence electrons. The average Bonchev–Trinajstić information content (AvgIpc) is 2.94. The van der Waals surface area contributed by atoms with Gasteiger partial charge in [0.15, 0.2) is 0 Å². The van der Waals surface area contributed by atoms with Gasteiger partial charge in [-0.3, -0.25) is 0 Å². The quantitative estimate of drug-likeness (QED) is 0.868. The molecule has 1 aromatic rings. The van der Waals surface area contributed by atoms with E-state index in [1.54, 1.807) is 16.4 Å². The summed E-state index contributed by atoms with van der Waals surface area (Å²) >= 11 is 1.85. The molecular weight excluding hydrogens is 296 g/mol. The van der Waals surface area contributed by atoms with Crippen molar-refractivity contribution in [2.24, 2.45) is 0 Å². The summed E-state index contributed by atoms with van der Waals surface area (Å²) in [5.74, 6) is 1.51. The fourth-order valence-electron chi connectivity index (χ4n) is 2.12. The van der Waals surface area contributed by atoms with Crippen molar-refractivity contribution < 1.29 is 12.8 Å². The van der Waals surface area contributed by atoms with Crippen LogP contribution in [-0.2, 0) is 16.6 Å². The number of furan rings is 1. The molecule has 0 aliphatic carbocycles. The summed E-state index contributed by atoms with van der Waals surface area (Å²) in [6, 6.07) is 3.29. The van der Waals surface area contributed by atoms with Gasteiger partial charge < -0.3 is 9.73 Å². The predicted octanol–water partition coefficient (Wildman–Crippen LogP) is 1.91. The normalized spacial score (nSPS) is 21.2. The summed E-state index contributed by atoms with van der Waals surface area (Å²) in [4.78, 5) is 0. The van der Waals surface area contributed by atoms with Gasteiger partial charge >= 0.3 is 0 Å². The van der Waals surface area contributed by atoms with Crippen LogP contribution in [0.15, 0.2) is 21.6 Å². The van der Waals surface area contributed by atoms with Crippen molar-refractivity contribution in [2.75, 3.05) is 25.4 Å². The highest BCUT2D eigenvalue weighted by Gasteiger charge is 2.32. The van der Waals surface area contributed by atoms with Gasteiger partial charge in [-0.1, -0.05) is 13.8 Å². The van der Waals surface area contributed by atoms with E-state index < -0.39 is 10.0 Å². The monoisotopic (exact) mass is 318 g/mol. The Morgan fingerprint density at radius 2 is 2.25 bits per heavy atom. The second kappa shape index (κ2) is 6.98. The van der Waals surface area contributed by atoms with E-state index in [4.69, 9.17) is 4.42 Å². The average molecular weight is 318 g/mol. The molecule has 0 bridgehead atoms. The summed E-state index contributed by atoms with van der Waals surface area (Å²) in [7, 11) is -3.48. The number of hydrogen-bond acceptors (Lipinski definition) is 5. The summed E-state index contributed by atoms with van der Waals surface area (Å²) in [5.41, 5.74) is 0. The number of nitrogens with one attached hydrogen (secondary N) is 1. The van der Waals surface area contributed by atoms with E-state index in [0.29, 0.717) is 30.6 Å². The maximum Gasteiger partial charge on any atom is 0.276 e. The fraction of sp³-hybridized carbons (Fsp3) is 0.692. The summed E-state index contributed by atoms with van der Waals surface area (Å²) in [6.07, 6.45) is 0.987. The van der Waals surface area contributed by atoms with Crippen LogP contribution in [0, 0.1) is 0 Å². The summed E-state index contributed by atoms with van der Waals surface area (Å²) in [6.45, 7) is 6.61. The van der Waals surface area contributed by atoms with Gasteiger partial charge in [-0.25, -0.2) is 8.42 Å².